The van der Waals surface area contributed by atoms with E-state index in [4.69, 9.17) is 23.2 Å². The zero-order valence-electron chi connectivity index (χ0n) is 19.3. The number of aryl methyl sites for hydroxylation is 1. The van der Waals surface area contributed by atoms with Crippen molar-refractivity contribution in [2.24, 2.45) is 0 Å². The first-order valence-electron chi connectivity index (χ1n) is 10.4. The Balaban J connectivity index is 2.44. The second kappa shape index (κ2) is 11.2. The second-order valence-corrected chi connectivity index (χ2v) is 11.0. The van der Waals surface area contributed by atoms with Crippen LogP contribution in [-0.4, -0.2) is 50.0 Å². The standard InChI is InChI=1S/C23H29Cl2N3O4S/c1-15(2)26-23(30)17(4)27(13-18-8-6-7-16(3)11-18)22(29)14-28(33(5,31)32)21-12-19(24)9-10-20(21)25/h6-12,15,17H,13-14H2,1-5H3,(H,26,30)/t17-/m0/s1. The largest absolute Gasteiger partial charge is 0.352 e. The fraction of sp³-hybridized carbons (Fsp3) is 0.391. The smallest absolute Gasteiger partial charge is 0.244 e. The molecule has 0 bridgehead atoms. The summed E-state index contributed by atoms with van der Waals surface area (Å²) in [6, 6.07) is 11.0. The number of amides is 2. The third-order valence-corrected chi connectivity index (χ3v) is 6.57. The normalized spacial score (nSPS) is 12.4. The first-order valence-corrected chi connectivity index (χ1v) is 13.0. The number of nitrogens with zero attached hydrogens (tertiary/aromatic N) is 2. The van der Waals surface area contributed by atoms with Gasteiger partial charge in [0, 0.05) is 17.6 Å². The third-order valence-electron chi connectivity index (χ3n) is 4.89. The van der Waals surface area contributed by atoms with Gasteiger partial charge in [-0.1, -0.05) is 53.0 Å². The monoisotopic (exact) mass is 513 g/mol. The minimum Gasteiger partial charge on any atom is -0.352 e. The van der Waals surface area contributed by atoms with Gasteiger partial charge in [-0.15, -0.1) is 0 Å². The minimum absolute atomic E-state index is 0.0924. The first-order chi connectivity index (χ1) is 15.3. The van der Waals surface area contributed by atoms with Gasteiger partial charge in [-0.2, -0.15) is 0 Å². The van der Waals surface area contributed by atoms with E-state index in [9.17, 15) is 18.0 Å². The van der Waals surface area contributed by atoms with Crippen LogP contribution in [0, 0.1) is 6.92 Å². The Labute approximate surface area is 205 Å². The Morgan fingerprint density at radius 3 is 2.30 bits per heavy atom. The molecule has 1 N–H and O–H groups in total. The van der Waals surface area contributed by atoms with Crippen molar-refractivity contribution in [3.63, 3.8) is 0 Å². The van der Waals surface area contributed by atoms with Crippen LogP contribution < -0.4 is 9.62 Å². The summed E-state index contributed by atoms with van der Waals surface area (Å²) in [5.74, 6) is -0.887. The van der Waals surface area contributed by atoms with E-state index in [-0.39, 0.29) is 34.2 Å². The summed E-state index contributed by atoms with van der Waals surface area (Å²) in [4.78, 5) is 27.6. The molecular formula is C23H29Cl2N3O4S. The van der Waals surface area contributed by atoms with Crippen molar-refractivity contribution in [2.75, 3.05) is 17.1 Å². The highest BCUT2D eigenvalue weighted by Crippen LogP contribution is 2.31. The van der Waals surface area contributed by atoms with E-state index in [0.717, 1.165) is 21.7 Å². The molecule has 2 aromatic carbocycles. The number of sulfonamides is 1. The SMILES string of the molecule is Cc1cccc(CN(C(=O)CN(c2cc(Cl)ccc2Cl)S(C)(=O)=O)[C@@H](C)C(=O)NC(C)C)c1. The molecule has 1 atom stereocenters. The van der Waals surface area contributed by atoms with Crippen molar-refractivity contribution in [2.45, 2.75) is 46.3 Å². The van der Waals surface area contributed by atoms with E-state index in [1.54, 1.807) is 6.92 Å². The number of hydrogen-bond acceptors (Lipinski definition) is 4. The molecule has 0 aliphatic heterocycles. The number of carbonyl (C=O) groups is 2. The van der Waals surface area contributed by atoms with Crippen molar-refractivity contribution in [1.82, 2.24) is 10.2 Å². The fourth-order valence-electron chi connectivity index (χ4n) is 3.27. The molecule has 0 aliphatic rings. The lowest BCUT2D eigenvalue weighted by atomic mass is 10.1. The zero-order valence-corrected chi connectivity index (χ0v) is 21.6. The predicted octanol–water partition coefficient (Wildman–Crippen LogP) is 4.01. The van der Waals surface area contributed by atoms with Gasteiger partial charge in [0.25, 0.3) is 0 Å². The van der Waals surface area contributed by atoms with Crippen LogP contribution in [0.15, 0.2) is 42.5 Å². The topological polar surface area (TPSA) is 86.8 Å². The van der Waals surface area contributed by atoms with Gasteiger partial charge in [0.1, 0.15) is 12.6 Å². The molecule has 0 aromatic heterocycles. The number of carbonyl (C=O) groups excluding carboxylic acids is 2. The number of hydrogen-bond donors (Lipinski definition) is 1. The summed E-state index contributed by atoms with van der Waals surface area (Å²) in [5.41, 5.74) is 1.91. The van der Waals surface area contributed by atoms with E-state index < -0.39 is 28.5 Å². The minimum atomic E-state index is -3.89. The number of anilines is 1. The number of benzene rings is 2. The van der Waals surface area contributed by atoms with Crippen molar-refractivity contribution >= 4 is 50.7 Å². The Kier molecular flexibility index (Phi) is 9.17. The highest BCUT2D eigenvalue weighted by Gasteiger charge is 2.31. The predicted molar refractivity (Wildman–Crippen MR) is 133 cm³/mol. The van der Waals surface area contributed by atoms with Crippen LogP contribution in [0.1, 0.15) is 31.9 Å². The lowest BCUT2D eigenvalue weighted by Crippen LogP contribution is -2.52. The summed E-state index contributed by atoms with van der Waals surface area (Å²) < 4.78 is 26.1. The van der Waals surface area contributed by atoms with Gasteiger partial charge in [0.05, 0.1) is 17.0 Å². The van der Waals surface area contributed by atoms with Crippen LogP contribution in [0.5, 0.6) is 0 Å². The Bertz CT molecular complexity index is 1120. The Morgan fingerprint density at radius 1 is 1.06 bits per heavy atom. The maximum atomic E-state index is 13.5. The van der Waals surface area contributed by atoms with Crippen molar-refractivity contribution in [3.8, 4) is 0 Å². The van der Waals surface area contributed by atoms with E-state index in [2.05, 4.69) is 5.32 Å². The van der Waals surface area contributed by atoms with E-state index in [1.807, 2.05) is 45.0 Å². The van der Waals surface area contributed by atoms with Gasteiger partial charge in [-0.3, -0.25) is 13.9 Å². The van der Waals surface area contributed by atoms with Crippen molar-refractivity contribution in [3.05, 3.63) is 63.6 Å². The molecule has 0 heterocycles. The van der Waals surface area contributed by atoms with Gasteiger partial charge in [0.2, 0.25) is 21.8 Å². The molecule has 0 saturated carbocycles. The average Bonchev–Trinajstić information content (AvgIpc) is 2.70. The first kappa shape index (κ1) is 27.0. The molecule has 0 unspecified atom stereocenters. The molecule has 2 aromatic rings. The molecular weight excluding hydrogens is 485 g/mol. The van der Waals surface area contributed by atoms with Crippen LogP contribution in [0.2, 0.25) is 10.0 Å². The molecule has 0 saturated heterocycles. The van der Waals surface area contributed by atoms with Gasteiger partial charge in [0.15, 0.2) is 0 Å². The van der Waals surface area contributed by atoms with Gasteiger partial charge < -0.3 is 10.2 Å². The lowest BCUT2D eigenvalue weighted by molar-refractivity contribution is -0.139. The van der Waals surface area contributed by atoms with Crippen LogP contribution in [0.4, 0.5) is 5.69 Å². The highest BCUT2D eigenvalue weighted by atomic mass is 35.5. The average molecular weight is 514 g/mol. The molecule has 0 radical (unpaired) electrons. The van der Waals surface area contributed by atoms with Gasteiger partial charge in [-0.05, 0) is 51.5 Å². The summed E-state index contributed by atoms with van der Waals surface area (Å²) >= 11 is 12.3. The third kappa shape index (κ3) is 7.62. The number of halogens is 2. The molecule has 2 amide bonds. The molecule has 0 fully saturated rings. The quantitative estimate of drug-likeness (QED) is 0.548. The Morgan fingerprint density at radius 2 is 1.73 bits per heavy atom. The molecule has 0 spiro atoms. The van der Waals surface area contributed by atoms with E-state index in [0.29, 0.717) is 0 Å². The van der Waals surface area contributed by atoms with Crippen molar-refractivity contribution in [1.29, 1.82) is 0 Å². The van der Waals surface area contributed by atoms with Crippen molar-refractivity contribution < 1.29 is 18.0 Å². The number of rotatable bonds is 9. The number of nitrogens with one attached hydrogen (secondary N) is 1. The van der Waals surface area contributed by atoms with E-state index in [1.165, 1.54) is 23.1 Å². The molecule has 7 nitrogen and oxygen atoms in total. The van der Waals surface area contributed by atoms with Gasteiger partial charge in [-0.25, -0.2) is 8.42 Å². The lowest BCUT2D eigenvalue weighted by Gasteiger charge is -2.32. The molecule has 180 valence electrons. The maximum absolute atomic E-state index is 13.5. The molecule has 0 aliphatic carbocycles. The Hall–Kier alpha value is -2.29. The zero-order chi connectivity index (χ0) is 24.9. The van der Waals surface area contributed by atoms with Crippen LogP contribution in [-0.2, 0) is 26.2 Å². The summed E-state index contributed by atoms with van der Waals surface area (Å²) in [6.07, 6.45) is 0.983. The second-order valence-electron chi connectivity index (χ2n) is 8.22. The van der Waals surface area contributed by atoms with Crippen LogP contribution in [0.25, 0.3) is 0 Å². The highest BCUT2D eigenvalue weighted by molar-refractivity contribution is 7.92. The summed E-state index contributed by atoms with van der Waals surface area (Å²) in [5, 5.41) is 3.21. The van der Waals surface area contributed by atoms with Crippen LogP contribution in [0.3, 0.4) is 0 Å². The van der Waals surface area contributed by atoms with E-state index >= 15 is 0 Å². The fourth-order valence-corrected chi connectivity index (χ4v) is 4.56. The molecule has 10 heteroatoms. The van der Waals surface area contributed by atoms with Crippen LogP contribution >= 0.6 is 23.2 Å². The maximum Gasteiger partial charge on any atom is 0.244 e. The molecule has 2 rings (SSSR count). The molecule has 33 heavy (non-hydrogen) atoms. The summed E-state index contributed by atoms with van der Waals surface area (Å²) in [7, 11) is -3.89. The summed E-state index contributed by atoms with van der Waals surface area (Å²) in [6.45, 7) is 6.78. The van der Waals surface area contributed by atoms with Gasteiger partial charge >= 0.3 is 0 Å².